The number of hydrogen-bond acceptors (Lipinski definition) is 7. The summed E-state index contributed by atoms with van der Waals surface area (Å²) in [5, 5.41) is 27.4. The normalized spacial score (nSPS) is 10.4. The van der Waals surface area contributed by atoms with Crippen LogP contribution in [0.15, 0.2) is 43.2 Å². The Labute approximate surface area is 207 Å². The maximum Gasteiger partial charge on any atom is 0.300 e. The molecule has 0 fully saturated rings. The predicted octanol–water partition coefficient (Wildman–Crippen LogP) is 4.27. The summed E-state index contributed by atoms with van der Waals surface area (Å²) in [5.74, 6) is 0.606. The van der Waals surface area contributed by atoms with Gasteiger partial charge in [0.25, 0.3) is 5.97 Å². The van der Waals surface area contributed by atoms with Crippen LogP contribution in [0.25, 0.3) is 0 Å². The number of carboxylic acid groups (broad SMARTS) is 1. The summed E-state index contributed by atoms with van der Waals surface area (Å²) in [6.07, 6.45) is 3.13. The van der Waals surface area contributed by atoms with E-state index in [1.165, 1.54) is 0 Å². The number of benzene rings is 2. The Morgan fingerprint density at radius 2 is 1.23 bits per heavy atom. The molecule has 0 amide bonds. The van der Waals surface area contributed by atoms with Gasteiger partial charge in [-0.25, -0.2) is 0 Å². The topological polar surface area (TPSA) is 121 Å². The number of aromatic hydroxyl groups is 2. The second-order valence-corrected chi connectivity index (χ2v) is 7.39. The molecule has 0 aliphatic rings. The Kier molecular flexibility index (Phi) is 13.9. The number of phenolic OH excluding ortho intramolecular Hbond substituents is 2. The Balaban J connectivity index is 0.00000165. The van der Waals surface area contributed by atoms with Gasteiger partial charge in [-0.1, -0.05) is 0 Å². The maximum atomic E-state index is 10.0. The zero-order valence-electron chi connectivity index (χ0n) is 17.0. The van der Waals surface area contributed by atoms with Crippen LogP contribution in [-0.2, 0) is 21.9 Å². The molecule has 0 aliphatic heterocycles. The number of hydrogen-bond donors (Lipinski definition) is 3. The molecule has 2 aromatic carbocycles. The minimum absolute atomic E-state index is 0. The van der Waals surface area contributed by atoms with Gasteiger partial charge >= 0.3 is 0 Å². The number of carboxylic acids is 1. The molecule has 0 aliphatic carbocycles. The number of phenols is 2. The molecule has 3 N–H and O–H groups in total. The van der Waals surface area contributed by atoms with E-state index in [9.17, 15) is 10.2 Å². The second-order valence-electron chi connectivity index (χ2n) is 5.68. The first-order valence-corrected chi connectivity index (χ1v) is 10.1. The van der Waals surface area contributed by atoms with Crippen LogP contribution in [0, 0.1) is 0 Å². The van der Waals surface area contributed by atoms with Crippen LogP contribution in [0.1, 0.15) is 18.1 Å². The van der Waals surface area contributed by atoms with Crippen molar-refractivity contribution >= 4 is 50.3 Å². The van der Waals surface area contributed by atoms with Gasteiger partial charge in [0.2, 0.25) is 0 Å². The third-order valence-electron chi connectivity index (χ3n) is 3.42. The molecule has 0 atom stereocenters. The van der Waals surface area contributed by atoms with Crippen molar-refractivity contribution < 1.29 is 46.7 Å². The molecule has 0 unspecified atom stereocenters. The Morgan fingerprint density at radius 3 is 1.52 bits per heavy atom. The number of rotatable bonds is 7. The molecular weight excluding hydrogens is 579 g/mol. The van der Waals surface area contributed by atoms with Gasteiger partial charge in [0.1, 0.15) is 23.0 Å². The van der Waals surface area contributed by atoms with Crippen molar-refractivity contribution in [3.8, 4) is 23.0 Å². The predicted molar refractivity (Wildman–Crippen MR) is 123 cm³/mol. The minimum Gasteiger partial charge on any atom is -0.506 e. The molecule has 8 nitrogen and oxygen atoms in total. The van der Waals surface area contributed by atoms with Crippen LogP contribution >= 0.6 is 31.9 Å². The maximum absolute atomic E-state index is 10.0. The smallest absolute Gasteiger partial charge is 0.300 e. The number of aliphatic carboxylic acids is 1. The summed E-state index contributed by atoms with van der Waals surface area (Å²) in [6, 6.07) is 6.74. The molecule has 0 saturated carbocycles. The molecule has 0 bridgehead atoms. The van der Waals surface area contributed by atoms with Gasteiger partial charge in [0, 0.05) is 47.5 Å². The third kappa shape index (κ3) is 10.2. The molecule has 0 spiro atoms. The van der Waals surface area contributed by atoms with Gasteiger partial charge in [-0.05, 0) is 56.1 Å². The molecular formula is C20H22Br2MnN2O6. The van der Waals surface area contributed by atoms with E-state index in [4.69, 9.17) is 19.4 Å². The molecule has 31 heavy (non-hydrogen) atoms. The summed E-state index contributed by atoms with van der Waals surface area (Å²) in [4.78, 5) is 17.5. The van der Waals surface area contributed by atoms with Crippen LogP contribution < -0.4 is 9.47 Å². The van der Waals surface area contributed by atoms with Crippen LogP contribution in [0.2, 0.25) is 0 Å². The van der Waals surface area contributed by atoms with E-state index in [1.807, 2.05) is 0 Å². The number of methoxy groups -OCH3 is 2. The van der Waals surface area contributed by atoms with E-state index in [1.54, 1.807) is 50.9 Å². The largest absolute Gasteiger partial charge is 0.506 e. The molecule has 2 aromatic rings. The number of aliphatic imine (C=N–C) groups is 2. The average molecular weight is 601 g/mol. The Bertz CT molecular complexity index is 865. The number of carbonyl (C=O) groups is 1. The summed E-state index contributed by atoms with van der Waals surface area (Å²) in [6.45, 7) is 1.94. The number of nitrogens with zero attached hydrogens (tertiary/aromatic N) is 2. The summed E-state index contributed by atoms with van der Waals surface area (Å²) in [5.41, 5.74) is 1.10. The van der Waals surface area contributed by atoms with Crippen LogP contribution in [0.3, 0.4) is 0 Å². The van der Waals surface area contributed by atoms with Crippen molar-refractivity contribution in [1.82, 2.24) is 0 Å². The Morgan fingerprint density at radius 1 is 0.903 bits per heavy atom. The fourth-order valence-electron chi connectivity index (χ4n) is 2.06. The van der Waals surface area contributed by atoms with Crippen molar-refractivity contribution in [2.75, 3.05) is 27.3 Å². The average Bonchev–Trinajstić information content (AvgIpc) is 2.69. The summed E-state index contributed by atoms with van der Waals surface area (Å²) < 4.78 is 11.4. The van der Waals surface area contributed by atoms with Crippen LogP contribution in [0.5, 0.6) is 23.0 Å². The van der Waals surface area contributed by atoms with E-state index >= 15 is 0 Å². The SMILES string of the molecule is CC(=O)O.COc1cc(Br)c(O)c(C=NCCN=Cc2cc(OC)cc(Br)c2O)c1.[Mn]. The standard InChI is InChI=1S/C18H18Br2N2O4.C2H4O2.Mn/c1-25-13-5-11(17(23)15(19)7-13)9-21-3-4-22-10-12-6-14(26-2)8-16(20)18(12)24;1-2(3)4;/h5-10,23-24H,3-4H2,1-2H3;1H3,(H,3,4);. The summed E-state index contributed by atoms with van der Waals surface area (Å²) in [7, 11) is 3.11. The monoisotopic (exact) mass is 599 g/mol. The first-order chi connectivity index (χ1) is 14.2. The molecule has 1 radical (unpaired) electrons. The van der Waals surface area contributed by atoms with Gasteiger partial charge in [-0.15, -0.1) is 0 Å². The van der Waals surface area contributed by atoms with E-state index in [2.05, 4.69) is 41.8 Å². The molecule has 0 saturated heterocycles. The van der Waals surface area contributed by atoms with Crippen molar-refractivity contribution in [3.63, 3.8) is 0 Å². The van der Waals surface area contributed by atoms with Crippen molar-refractivity contribution in [3.05, 3.63) is 44.3 Å². The molecule has 169 valence electrons. The van der Waals surface area contributed by atoms with Crippen LogP contribution in [0.4, 0.5) is 0 Å². The third-order valence-corrected chi connectivity index (χ3v) is 4.63. The van der Waals surface area contributed by atoms with Gasteiger partial charge in [-0.3, -0.25) is 14.8 Å². The fraction of sp³-hybridized carbons (Fsp3) is 0.250. The molecule has 2 rings (SSSR count). The molecule has 11 heteroatoms. The van der Waals surface area contributed by atoms with Gasteiger partial charge in [0.05, 0.1) is 36.3 Å². The summed E-state index contributed by atoms with van der Waals surface area (Å²) >= 11 is 6.54. The fourth-order valence-corrected chi connectivity index (χ4v) is 2.97. The van der Waals surface area contributed by atoms with Gasteiger partial charge in [-0.2, -0.15) is 0 Å². The Hall–Kier alpha value is -2.07. The number of ether oxygens (including phenoxy) is 2. The van der Waals surface area contributed by atoms with Crippen molar-refractivity contribution in [2.24, 2.45) is 9.98 Å². The van der Waals surface area contributed by atoms with E-state index in [-0.39, 0.29) is 28.6 Å². The van der Waals surface area contributed by atoms with E-state index < -0.39 is 5.97 Å². The first-order valence-electron chi connectivity index (χ1n) is 8.51. The molecule has 0 aromatic heterocycles. The first kappa shape index (κ1) is 28.9. The quantitative estimate of drug-likeness (QED) is 0.248. The van der Waals surface area contributed by atoms with E-state index in [0.29, 0.717) is 44.7 Å². The van der Waals surface area contributed by atoms with E-state index in [0.717, 1.165) is 6.92 Å². The zero-order chi connectivity index (χ0) is 22.7. The van der Waals surface area contributed by atoms with Crippen molar-refractivity contribution in [2.45, 2.75) is 6.92 Å². The van der Waals surface area contributed by atoms with Gasteiger partial charge < -0.3 is 24.8 Å². The number of halogens is 2. The molecule has 0 heterocycles. The zero-order valence-corrected chi connectivity index (χ0v) is 21.3. The van der Waals surface area contributed by atoms with Gasteiger partial charge in [0.15, 0.2) is 0 Å². The second kappa shape index (κ2) is 14.9. The van der Waals surface area contributed by atoms with Crippen LogP contribution in [-0.4, -0.2) is 61.0 Å². The van der Waals surface area contributed by atoms with Crippen molar-refractivity contribution in [1.29, 1.82) is 0 Å². The minimum atomic E-state index is -0.833.